The van der Waals surface area contributed by atoms with Crippen molar-refractivity contribution in [2.45, 2.75) is 31.3 Å². The Balaban J connectivity index is 1.42. The molecule has 3 aliphatic rings. The minimum Gasteiger partial charge on any atom is -0.388 e. The van der Waals surface area contributed by atoms with E-state index in [0.717, 1.165) is 19.4 Å². The van der Waals surface area contributed by atoms with Crippen LogP contribution in [0.25, 0.3) is 11.1 Å². The highest BCUT2D eigenvalue weighted by Gasteiger charge is 2.44. The van der Waals surface area contributed by atoms with Crippen molar-refractivity contribution in [1.82, 2.24) is 4.90 Å². The lowest BCUT2D eigenvalue weighted by molar-refractivity contribution is -0.115. The van der Waals surface area contributed by atoms with Gasteiger partial charge in [0.15, 0.2) is 0 Å². The maximum absolute atomic E-state index is 11.0. The molecule has 2 aromatic carbocycles. The summed E-state index contributed by atoms with van der Waals surface area (Å²) in [7, 11) is 0. The van der Waals surface area contributed by atoms with Crippen LogP contribution in [0.15, 0.2) is 54.6 Å². The Hall–Kier alpha value is -1.64. The standard InChI is InChI=1S/C21H25NO/c23-21(16-22-14-11-20(21)12-15-22)13-10-17-6-8-19(9-7-17)18-4-2-1-3-5-18/h1-9,20,23H,10-16H2/t21-/m0/s1. The number of fused-ring (bicyclic) bond motifs is 3. The van der Waals surface area contributed by atoms with Crippen LogP contribution in [0.3, 0.4) is 0 Å². The Morgan fingerprint density at radius 2 is 1.57 bits per heavy atom. The first-order chi connectivity index (χ1) is 11.2. The van der Waals surface area contributed by atoms with E-state index in [4.69, 9.17) is 0 Å². The lowest BCUT2D eigenvalue weighted by atomic mass is 9.73. The fraction of sp³-hybridized carbons (Fsp3) is 0.429. The number of rotatable bonds is 4. The van der Waals surface area contributed by atoms with Crippen LogP contribution in [-0.4, -0.2) is 35.2 Å². The topological polar surface area (TPSA) is 23.5 Å². The molecule has 3 heterocycles. The van der Waals surface area contributed by atoms with Crippen LogP contribution in [0.5, 0.6) is 0 Å². The quantitative estimate of drug-likeness (QED) is 0.930. The summed E-state index contributed by atoms with van der Waals surface area (Å²) < 4.78 is 0. The fourth-order valence-electron chi connectivity index (χ4n) is 4.28. The van der Waals surface area contributed by atoms with E-state index in [1.165, 1.54) is 42.6 Å². The highest BCUT2D eigenvalue weighted by Crippen LogP contribution is 2.38. The Bertz CT molecular complexity index is 643. The van der Waals surface area contributed by atoms with Crippen molar-refractivity contribution in [2.24, 2.45) is 5.92 Å². The Labute approximate surface area is 138 Å². The molecule has 2 aromatic rings. The normalized spacial score (nSPS) is 29.6. The number of aliphatic hydroxyl groups is 1. The molecule has 5 rings (SSSR count). The summed E-state index contributed by atoms with van der Waals surface area (Å²) in [5, 5.41) is 11.0. The van der Waals surface area contributed by atoms with Gasteiger partial charge in [-0.25, -0.2) is 0 Å². The van der Waals surface area contributed by atoms with Gasteiger partial charge in [0.25, 0.3) is 0 Å². The molecule has 2 bridgehead atoms. The van der Waals surface area contributed by atoms with Crippen LogP contribution in [0.1, 0.15) is 24.8 Å². The maximum Gasteiger partial charge on any atom is 0.0806 e. The van der Waals surface area contributed by atoms with Crippen LogP contribution >= 0.6 is 0 Å². The summed E-state index contributed by atoms with van der Waals surface area (Å²) in [5.41, 5.74) is 3.38. The minimum atomic E-state index is -0.464. The lowest BCUT2D eigenvalue weighted by Crippen LogP contribution is -2.59. The van der Waals surface area contributed by atoms with E-state index in [0.29, 0.717) is 5.92 Å². The van der Waals surface area contributed by atoms with Gasteiger partial charge in [0, 0.05) is 6.54 Å². The summed E-state index contributed by atoms with van der Waals surface area (Å²) in [6.45, 7) is 3.23. The molecule has 2 nitrogen and oxygen atoms in total. The van der Waals surface area contributed by atoms with Gasteiger partial charge in [-0.05, 0) is 61.4 Å². The predicted molar refractivity (Wildman–Crippen MR) is 94.3 cm³/mol. The van der Waals surface area contributed by atoms with Crippen LogP contribution in [0.2, 0.25) is 0 Å². The number of aryl methyl sites for hydroxylation is 1. The molecular formula is C21H25NO. The molecule has 120 valence electrons. The highest BCUT2D eigenvalue weighted by molar-refractivity contribution is 5.63. The van der Waals surface area contributed by atoms with Crippen LogP contribution in [0, 0.1) is 5.92 Å². The summed E-state index contributed by atoms with van der Waals surface area (Å²) in [6.07, 6.45) is 4.20. The zero-order chi connectivity index (χ0) is 15.7. The third kappa shape index (κ3) is 3.06. The van der Waals surface area contributed by atoms with Gasteiger partial charge in [-0.15, -0.1) is 0 Å². The van der Waals surface area contributed by atoms with Gasteiger partial charge in [0.05, 0.1) is 5.60 Å². The zero-order valence-electron chi connectivity index (χ0n) is 13.6. The second kappa shape index (κ2) is 6.10. The van der Waals surface area contributed by atoms with E-state index in [9.17, 15) is 5.11 Å². The van der Waals surface area contributed by atoms with Gasteiger partial charge in [-0.3, -0.25) is 0 Å². The molecule has 0 amide bonds. The molecule has 2 heteroatoms. The fourth-order valence-corrected chi connectivity index (χ4v) is 4.28. The lowest BCUT2D eigenvalue weighted by Gasteiger charge is -2.50. The molecule has 0 unspecified atom stereocenters. The number of benzene rings is 2. The second-order valence-corrected chi connectivity index (χ2v) is 7.22. The molecule has 1 atom stereocenters. The van der Waals surface area contributed by atoms with E-state index < -0.39 is 5.60 Å². The third-order valence-electron chi connectivity index (χ3n) is 5.75. The molecule has 0 spiro atoms. The molecule has 1 N–H and O–H groups in total. The SMILES string of the molecule is O[C@@]1(CCc2ccc(-c3ccccc3)cc2)CN2CCC1CC2. The average molecular weight is 307 g/mol. The first kappa shape index (κ1) is 14.9. The molecule has 3 aliphatic heterocycles. The molecule has 3 fully saturated rings. The molecular weight excluding hydrogens is 282 g/mol. The van der Waals surface area contributed by atoms with Crippen molar-refractivity contribution in [2.75, 3.05) is 19.6 Å². The van der Waals surface area contributed by atoms with Gasteiger partial charge in [0.1, 0.15) is 0 Å². The van der Waals surface area contributed by atoms with E-state index in [-0.39, 0.29) is 0 Å². The number of piperidine rings is 3. The molecule has 0 aromatic heterocycles. The average Bonchev–Trinajstić information content (AvgIpc) is 2.62. The number of hydrogen-bond donors (Lipinski definition) is 1. The maximum atomic E-state index is 11.0. The van der Waals surface area contributed by atoms with Crippen LogP contribution in [-0.2, 0) is 6.42 Å². The van der Waals surface area contributed by atoms with Crippen molar-refractivity contribution in [3.8, 4) is 11.1 Å². The Morgan fingerprint density at radius 1 is 0.913 bits per heavy atom. The monoisotopic (exact) mass is 307 g/mol. The first-order valence-corrected chi connectivity index (χ1v) is 8.82. The van der Waals surface area contributed by atoms with Crippen LogP contribution < -0.4 is 0 Å². The highest BCUT2D eigenvalue weighted by atomic mass is 16.3. The van der Waals surface area contributed by atoms with E-state index in [2.05, 4.69) is 53.4 Å². The molecule has 23 heavy (non-hydrogen) atoms. The van der Waals surface area contributed by atoms with Crippen LogP contribution in [0.4, 0.5) is 0 Å². The number of hydrogen-bond acceptors (Lipinski definition) is 2. The van der Waals surface area contributed by atoms with Crippen molar-refractivity contribution < 1.29 is 5.11 Å². The van der Waals surface area contributed by atoms with E-state index in [1.807, 2.05) is 6.07 Å². The summed E-state index contributed by atoms with van der Waals surface area (Å²) in [6, 6.07) is 19.3. The van der Waals surface area contributed by atoms with E-state index in [1.54, 1.807) is 0 Å². The molecule has 0 saturated carbocycles. The van der Waals surface area contributed by atoms with Gasteiger partial charge < -0.3 is 10.0 Å². The zero-order valence-corrected chi connectivity index (χ0v) is 13.6. The largest absolute Gasteiger partial charge is 0.388 e. The van der Waals surface area contributed by atoms with Crippen molar-refractivity contribution in [3.05, 3.63) is 60.2 Å². The van der Waals surface area contributed by atoms with Gasteiger partial charge in [-0.2, -0.15) is 0 Å². The predicted octanol–water partition coefficient (Wildman–Crippen LogP) is 3.74. The third-order valence-corrected chi connectivity index (χ3v) is 5.75. The number of nitrogens with zero attached hydrogens (tertiary/aromatic N) is 1. The second-order valence-electron chi connectivity index (χ2n) is 7.22. The smallest absolute Gasteiger partial charge is 0.0806 e. The Kier molecular flexibility index (Phi) is 3.96. The first-order valence-electron chi connectivity index (χ1n) is 8.82. The summed E-state index contributed by atoms with van der Waals surface area (Å²) >= 11 is 0. The van der Waals surface area contributed by atoms with E-state index >= 15 is 0 Å². The molecule has 0 aliphatic carbocycles. The molecule has 3 saturated heterocycles. The van der Waals surface area contributed by atoms with Crippen molar-refractivity contribution in [3.63, 3.8) is 0 Å². The Morgan fingerprint density at radius 3 is 2.17 bits per heavy atom. The van der Waals surface area contributed by atoms with Gasteiger partial charge >= 0.3 is 0 Å². The summed E-state index contributed by atoms with van der Waals surface area (Å²) in [4.78, 5) is 2.43. The molecule has 0 radical (unpaired) electrons. The minimum absolute atomic E-state index is 0.464. The van der Waals surface area contributed by atoms with Gasteiger partial charge in [-0.1, -0.05) is 54.6 Å². The van der Waals surface area contributed by atoms with Crippen molar-refractivity contribution in [1.29, 1.82) is 0 Å². The van der Waals surface area contributed by atoms with Crippen molar-refractivity contribution >= 4 is 0 Å². The summed E-state index contributed by atoms with van der Waals surface area (Å²) in [5.74, 6) is 0.510. The van der Waals surface area contributed by atoms with Gasteiger partial charge in [0.2, 0.25) is 0 Å².